The first-order chi connectivity index (χ1) is 8.45. The first kappa shape index (κ1) is 15.0. The minimum atomic E-state index is -0.857. The second kappa shape index (κ2) is 6.73. The molecule has 0 aromatic carbocycles. The van der Waals surface area contributed by atoms with Crippen LogP contribution in [-0.4, -0.2) is 36.7 Å². The van der Waals surface area contributed by atoms with Crippen molar-refractivity contribution in [1.29, 1.82) is 0 Å². The SMILES string of the molecule is COCCC(C)NC(=O)C1CC(C)CC1C(=O)O. The summed E-state index contributed by atoms with van der Waals surface area (Å²) >= 11 is 0. The van der Waals surface area contributed by atoms with Crippen molar-refractivity contribution in [2.24, 2.45) is 17.8 Å². The van der Waals surface area contributed by atoms with Crippen molar-refractivity contribution in [2.75, 3.05) is 13.7 Å². The molecule has 4 atom stereocenters. The number of aliphatic carboxylic acids is 1. The van der Waals surface area contributed by atoms with Gasteiger partial charge in [-0.25, -0.2) is 0 Å². The summed E-state index contributed by atoms with van der Waals surface area (Å²) in [6.45, 7) is 4.49. The van der Waals surface area contributed by atoms with E-state index in [-0.39, 0.29) is 17.9 Å². The molecule has 5 heteroatoms. The summed E-state index contributed by atoms with van der Waals surface area (Å²) < 4.78 is 4.95. The van der Waals surface area contributed by atoms with Crippen LogP contribution in [0.15, 0.2) is 0 Å². The molecule has 0 bridgehead atoms. The highest BCUT2D eigenvalue weighted by Gasteiger charge is 2.41. The van der Waals surface area contributed by atoms with Crippen molar-refractivity contribution in [2.45, 2.75) is 39.2 Å². The van der Waals surface area contributed by atoms with Crippen molar-refractivity contribution in [3.05, 3.63) is 0 Å². The molecule has 104 valence electrons. The Kier molecular flexibility index (Phi) is 5.59. The Morgan fingerprint density at radius 1 is 1.39 bits per heavy atom. The monoisotopic (exact) mass is 257 g/mol. The average Bonchev–Trinajstić information content (AvgIpc) is 2.69. The molecule has 0 aromatic rings. The third kappa shape index (κ3) is 3.98. The van der Waals surface area contributed by atoms with Gasteiger partial charge in [-0.2, -0.15) is 0 Å². The fraction of sp³-hybridized carbons (Fsp3) is 0.846. The van der Waals surface area contributed by atoms with Gasteiger partial charge in [0.05, 0.1) is 11.8 Å². The maximum atomic E-state index is 12.1. The number of rotatable bonds is 6. The first-order valence-electron chi connectivity index (χ1n) is 6.47. The molecule has 2 N–H and O–H groups in total. The molecule has 1 aliphatic carbocycles. The number of carbonyl (C=O) groups is 2. The molecule has 5 nitrogen and oxygen atoms in total. The Balaban J connectivity index is 2.52. The van der Waals surface area contributed by atoms with Crippen LogP contribution in [0.2, 0.25) is 0 Å². The Hall–Kier alpha value is -1.10. The van der Waals surface area contributed by atoms with Crippen molar-refractivity contribution >= 4 is 11.9 Å². The number of hydrogen-bond acceptors (Lipinski definition) is 3. The molecule has 0 aliphatic heterocycles. The van der Waals surface area contributed by atoms with Gasteiger partial charge >= 0.3 is 5.97 Å². The second-order valence-corrected chi connectivity index (χ2v) is 5.32. The van der Waals surface area contributed by atoms with Crippen LogP contribution >= 0.6 is 0 Å². The summed E-state index contributed by atoms with van der Waals surface area (Å²) in [5.74, 6) is -1.60. The number of carbonyl (C=O) groups excluding carboxylic acids is 1. The lowest BCUT2D eigenvalue weighted by Gasteiger charge is -2.19. The molecule has 0 saturated heterocycles. The van der Waals surface area contributed by atoms with E-state index in [0.29, 0.717) is 25.4 Å². The fourth-order valence-electron chi connectivity index (χ4n) is 2.57. The van der Waals surface area contributed by atoms with Crippen LogP contribution in [0.3, 0.4) is 0 Å². The number of amides is 1. The molecule has 0 heterocycles. The van der Waals surface area contributed by atoms with Crippen LogP contribution in [0, 0.1) is 17.8 Å². The van der Waals surface area contributed by atoms with Crippen molar-refractivity contribution in [1.82, 2.24) is 5.32 Å². The van der Waals surface area contributed by atoms with Crippen molar-refractivity contribution in [3.63, 3.8) is 0 Å². The number of ether oxygens (including phenoxy) is 1. The lowest BCUT2D eigenvalue weighted by molar-refractivity contribution is -0.146. The van der Waals surface area contributed by atoms with Gasteiger partial charge in [-0.1, -0.05) is 6.92 Å². The number of methoxy groups -OCH3 is 1. The van der Waals surface area contributed by atoms with Crippen LogP contribution in [0.4, 0.5) is 0 Å². The van der Waals surface area contributed by atoms with Crippen LogP contribution in [-0.2, 0) is 14.3 Å². The minimum absolute atomic E-state index is 0.0165. The quantitative estimate of drug-likeness (QED) is 0.751. The van der Waals surface area contributed by atoms with E-state index in [1.54, 1.807) is 7.11 Å². The van der Waals surface area contributed by atoms with E-state index in [1.807, 2.05) is 13.8 Å². The summed E-state index contributed by atoms with van der Waals surface area (Å²) in [7, 11) is 1.62. The maximum absolute atomic E-state index is 12.1. The van der Waals surface area contributed by atoms with E-state index < -0.39 is 11.9 Å². The summed E-state index contributed by atoms with van der Waals surface area (Å²) in [6, 6.07) is 0.0165. The van der Waals surface area contributed by atoms with E-state index in [1.165, 1.54) is 0 Å². The highest BCUT2D eigenvalue weighted by molar-refractivity contribution is 5.85. The van der Waals surface area contributed by atoms with Crippen LogP contribution < -0.4 is 5.32 Å². The predicted molar refractivity (Wildman–Crippen MR) is 67.1 cm³/mol. The summed E-state index contributed by atoms with van der Waals surface area (Å²) in [5.41, 5.74) is 0. The fourth-order valence-corrected chi connectivity index (χ4v) is 2.57. The molecular weight excluding hydrogens is 234 g/mol. The first-order valence-corrected chi connectivity index (χ1v) is 6.47. The van der Waals surface area contributed by atoms with Crippen LogP contribution in [0.1, 0.15) is 33.1 Å². The summed E-state index contributed by atoms with van der Waals surface area (Å²) in [4.78, 5) is 23.2. The Bertz CT molecular complexity index is 305. The predicted octanol–water partition coefficient (Wildman–Crippen LogP) is 1.27. The van der Waals surface area contributed by atoms with Gasteiger partial charge in [0.2, 0.25) is 5.91 Å². The van der Waals surface area contributed by atoms with E-state index in [9.17, 15) is 9.59 Å². The zero-order valence-corrected chi connectivity index (χ0v) is 11.3. The van der Waals surface area contributed by atoms with Gasteiger partial charge in [0.15, 0.2) is 0 Å². The van der Waals surface area contributed by atoms with Gasteiger partial charge in [0.25, 0.3) is 0 Å². The Morgan fingerprint density at radius 3 is 2.56 bits per heavy atom. The number of carboxylic acid groups (broad SMARTS) is 1. The molecule has 18 heavy (non-hydrogen) atoms. The molecular formula is C13H23NO4. The van der Waals surface area contributed by atoms with Gasteiger partial charge < -0.3 is 15.2 Å². The Morgan fingerprint density at radius 2 is 2.00 bits per heavy atom. The third-order valence-corrected chi connectivity index (χ3v) is 3.60. The molecule has 1 rings (SSSR count). The van der Waals surface area contributed by atoms with E-state index in [2.05, 4.69) is 5.32 Å². The smallest absolute Gasteiger partial charge is 0.307 e. The molecule has 0 spiro atoms. The second-order valence-electron chi connectivity index (χ2n) is 5.32. The van der Waals surface area contributed by atoms with Gasteiger partial charge in [0, 0.05) is 19.8 Å². The third-order valence-electron chi connectivity index (χ3n) is 3.60. The lowest BCUT2D eigenvalue weighted by Crippen LogP contribution is -2.40. The standard InChI is InChI=1S/C13H23NO4/c1-8-6-10(11(7-8)13(16)17)12(15)14-9(2)4-5-18-3/h8-11H,4-7H2,1-3H3,(H,14,15)(H,16,17). The lowest BCUT2D eigenvalue weighted by atomic mass is 9.95. The number of nitrogens with one attached hydrogen (secondary N) is 1. The largest absolute Gasteiger partial charge is 0.481 e. The molecule has 0 aromatic heterocycles. The van der Waals surface area contributed by atoms with E-state index in [4.69, 9.17) is 9.84 Å². The van der Waals surface area contributed by atoms with Crippen LogP contribution in [0.25, 0.3) is 0 Å². The molecule has 1 saturated carbocycles. The molecule has 1 fully saturated rings. The van der Waals surface area contributed by atoms with Gasteiger partial charge in [-0.3, -0.25) is 9.59 Å². The summed E-state index contributed by atoms with van der Waals surface area (Å²) in [5, 5.41) is 12.0. The van der Waals surface area contributed by atoms with E-state index >= 15 is 0 Å². The van der Waals surface area contributed by atoms with Gasteiger partial charge in [-0.15, -0.1) is 0 Å². The molecule has 0 radical (unpaired) electrons. The van der Waals surface area contributed by atoms with Gasteiger partial charge in [0.1, 0.15) is 0 Å². The highest BCUT2D eigenvalue weighted by Crippen LogP contribution is 2.36. The van der Waals surface area contributed by atoms with E-state index in [0.717, 1.165) is 6.42 Å². The van der Waals surface area contributed by atoms with Crippen molar-refractivity contribution < 1.29 is 19.4 Å². The topological polar surface area (TPSA) is 75.6 Å². The van der Waals surface area contributed by atoms with Crippen LogP contribution in [0.5, 0.6) is 0 Å². The minimum Gasteiger partial charge on any atom is -0.481 e. The highest BCUT2D eigenvalue weighted by atomic mass is 16.5. The number of hydrogen-bond donors (Lipinski definition) is 2. The average molecular weight is 257 g/mol. The zero-order chi connectivity index (χ0) is 13.7. The maximum Gasteiger partial charge on any atom is 0.307 e. The molecule has 1 aliphatic rings. The molecule has 1 amide bonds. The van der Waals surface area contributed by atoms with Gasteiger partial charge in [-0.05, 0) is 32.1 Å². The zero-order valence-electron chi connectivity index (χ0n) is 11.3. The number of carboxylic acids is 1. The van der Waals surface area contributed by atoms with Crippen molar-refractivity contribution in [3.8, 4) is 0 Å². The summed E-state index contributed by atoms with van der Waals surface area (Å²) in [6.07, 6.45) is 2.00. The molecule has 4 unspecified atom stereocenters. The Labute approximate surface area is 108 Å². The normalized spacial score (nSPS) is 28.9.